The third-order valence-electron chi connectivity index (χ3n) is 4.35. The number of amides is 2. The van der Waals surface area contributed by atoms with E-state index in [2.05, 4.69) is 15.3 Å². The number of aryl methyl sites for hydroxylation is 1. The van der Waals surface area contributed by atoms with E-state index in [-0.39, 0.29) is 17.9 Å². The molecule has 12 heteroatoms. The van der Waals surface area contributed by atoms with Crippen LogP contribution in [0.5, 0.6) is 5.88 Å². The van der Waals surface area contributed by atoms with Crippen LogP contribution < -0.4 is 15.4 Å². The number of aromatic nitrogens is 2. The first kappa shape index (κ1) is 23.4. The fourth-order valence-electron chi connectivity index (χ4n) is 2.95. The van der Waals surface area contributed by atoms with Gasteiger partial charge in [0.25, 0.3) is 11.8 Å². The highest BCUT2D eigenvalue weighted by Gasteiger charge is 2.28. The number of ether oxygens (including phenoxy) is 2. The van der Waals surface area contributed by atoms with Crippen LogP contribution in [0.2, 0.25) is 0 Å². The predicted molar refractivity (Wildman–Crippen MR) is 112 cm³/mol. The minimum absolute atomic E-state index is 0.0761. The first-order valence-corrected chi connectivity index (χ1v) is 10.0. The summed E-state index contributed by atoms with van der Waals surface area (Å²) < 4.78 is 47.7. The smallest absolute Gasteiger partial charge is 0.405 e. The molecule has 0 aliphatic rings. The number of carbonyl (C=O) groups excluding carboxylic acids is 2. The lowest BCUT2D eigenvalue weighted by atomic mass is 10.1. The second-order valence-electron chi connectivity index (χ2n) is 6.62. The molecule has 0 aliphatic heterocycles. The predicted octanol–water partition coefficient (Wildman–Crippen LogP) is 3.70. The van der Waals surface area contributed by atoms with E-state index >= 15 is 0 Å². The maximum Gasteiger partial charge on any atom is 0.405 e. The zero-order chi connectivity index (χ0) is 23.5. The molecular formula is C20H19F3N4O4S. The molecule has 0 radical (unpaired) electrons. The fourth-order valence-corrected chi connectivity index (χ4v) is 4.03. The van der Waals surface area contributed by atoms with Gasteiger partial charge in [0.2, 0.25) is 5.88 Å². The Morgan fingerprint density at radius 3 is 2.50 bits per heavy atom. The Kier molecular flexibility index (Phi) is 6.94. The number of anilines is 1. The highest BCUT2D eigenvalue weighted by Crippen LogP contribution is 2.35. The fraction of sp³-hybridized carbons (Fsp3) is 0.300. The van der Waals surface area contributed by atoms with Crippen molar-refractivity contribution >= 4 is 39.1 Å². The molecule has 170 valence electrons. The molecule has 8 nitrogen and oxygen atoms in total. The van der Waals surface area contributed by atoms with Crippen LogP contribution >= 0.6 is 11.3 Å². The topological polar surface area (TPSA) is 102 Å². The number of hydrogen-bond donors (Lipinski definition) is 2. The van der Waals surface area contributed by atoms with Gasteiger partial charge in [-0.25, -0.2) is 4.98 Å². The first-order valence-electron chi connectivity index (χ1n) is 9.23. The number of hydrogen-bond acceptors (Lipinski definition) is 7. The van der Waals surface area contributed by atoms with Gasteiger partial charge < -0.3 is 20.1 Å². The number of benzene rings is 1. The summed E-state index contributed by atoms with van der Waals surface area (Å²) in [5.41, 5.74) is 0.554. The number of methoxy groups -OCH3 is 2. The molecular weight excluding hydrogens is 449 g/mol. The molecule has 1 aromatic carbocycles. The third-order valence-corrected chi connectivity index (χ3v) is 5.53. The van der Waals surface area contributed by atoms with E-state index in [1.54, 1.807) is 18.3 Å². The standard InChI is InChI=1S/C20H19F3N4O4S/c1-10-14-18(31-3)26-13(8-30-2)27-19(14)32-15(10)17(29)25-12-7-5-4-6-11(12)16(28)24-9-20(21,22)23/h4-7H,8-9H2,1-3H3,(H,24,28)(H,25,29). The number of fused-ring (bicyclic) bond motifs is 1. The molecule has 0 aliphatic carbocycles. The molecule has 2 heterocycles. The van der Waals surface area contributed by atoms with Crippen molar-refractivity contribution in [2.45, 2.75) is 19.7 Å². The summed E-state index contributed by atoms with van der Waals surface area (Å²) in [4.78, 5) is 34.7. The molecule has 2 aromatic heterocycles. The second-order valence-corrected chi connectivity index (χ2v) is 7.62. The Balaban J connectivity index is 1.91. The number of alkyl halides is 3. The summed E-state index contributed by atoms with van der Waals surface area (Å²) in [6.07, 6.45) is -4.55. The van der Waals surface area contributed by atoms with Crippen molar-refractivity contribution in [3.63, 3.8) is 0 Å². The molecule has 2 N–H and O–H groups in total. The van der Waals surface area contributed by atoms with Crippen LogP contribution in [0.4, 0.5) is 18.9 Å². The summed E-state index contributed by atoms with van der Waals surface area (Å²) in [5, 5.41) is 4.97. The van der Waals surface area contributed by atoms with Gasteiger partial charge in [-0.15, -0.1) is 11.3 Å². The van der Waals surface area contributed by atoms with Crippen LogP contribution in [0, 0.1) is 6.92 Å². The van der Waals surface area contributed by atoms with Crippen molar-refractivity contribution in [3.8, 4) is 5.88 Å². The number of nitrogens with one attached hydrogen (secondary N) is 2. The summed E-state index contributed by atoms with van der Waals surface area (Å²) in [7, 11) is 2.95. The number of thiophene rings is 1. The van der Waals surface area contributed by atoms with Gasteiger partial charge in [-0.2, -0.15) is 18.2 Å². The van der Waals surface area contributed by atoms with E-state index in [9.17, 15) is 22.8 Å². The van der Waals surface area contributed by atoms with Crippen molar-refractivity contribution in [1.82, 2.24) is 15.3 Å². The highest BCUT2D eigenvalue weighted by atomic mass is 32.1. The van der Waals surface area contributed by atoms with Crippen LogP contribution in [0.1, 0.15) is 31.4 Å². The van der Waals surface area contributed by atoms with Gasteiger partial charge in [0.15, 0.2) is 5.82 Å². The molecule has 0 unspecified atom stereocenters. The van der Waals surface area contributed by atoms with Gasteiger partial charge >= 0.3 is 6.18 Å². The van der Waals surface area contributed by atoms with Crippen LogP contribution in [0.3, 0.4) is 0 Å². The number of para-hydroxylation sites is 1. The van der Waals surface area contributed by atoms with Crippen LogP contribution in [0.15, 0.2) is 24.3 Å². The van der Waals surface area contributed by atoms with Gasteiger partial charge in [-0.3, -0.25) is 9.59 Å². The number of carbonyl (C=O) groups is 2. The summed E-state index contributed by atoms with van der Waals surface area (Å²) in [5.74, 6) is -0.821. The Hall–Kier alpha value is -3.25. The van der Waals surface area contributed by atoms with E-state index in [0.717, 1.165) is 11.3 Å². The van der Waals surface area contributed by atoms with E-state index in [1.807, 2.05) is 0 Å². The van der Waals surface area contributed by atoms with Crippen LogP contribution in [-0.4, -0.2) is 48.7 Å². The van der Waals surface area contributed by atoms with Crippen molar-refractivity contribution in [3.05, 3.63) is 46.1 Å². The SMILES string of the molecule is COCc1nc(OC)c2c(C)c(C(=O)Nc3ccccc3C(=O)NCC(F)(F)F)sc2n1. The Bertz CT molecular complexity index is 1160. The van der Waals surface area contributed by atoms with Gasteiger partial charge in [0.1, 0.15) is 18.0 Å². The molecule has 3 rings (SSSR count). The lowest BCUT2D eigenvalue weighted by Gasteiger charge is -2.12. The summed E-state index contributed by atoms with van der Waals surface area (Å²) in [6, 6.07) is 5.80. The lowest BCUT2D eigenvalue weighted by Crippen LogP contribution is -2.34. The second kappa shape index (κ2) is 9.49. The quantitative estimate of drug-likeness (QED) is 0.548. The molecule has 32 heavy (non-hydrogen) atoms. The Labute approximate surface area is 184 Å². The molecule has 3 aromatic rings. The van der Waals surface area contributed by atoms with E-state index in [4.69, 9.17) is 9.47 Å². The molecule has 0 atom stereocenters. The first-order chi connectivity index (χ1) is 15.1. The summed E-state index contributed by atoms with van der Waals surface area (Å²) in [6.45, 7) is 0.383. The van der Waals surface area contributed by atoms with Crippen molar-refractivity contribution in [1.29, 1.82) is 0 Å². The monoisotopic (exact) mass is 468 g/mol. The third kappa shape index (κ3) is 5.14. The average molecular weight is 468 g/mol. The highest BCUT2D eigenvalue weighted by molar-refractivity contribution is 7.20. The zero-order valence-electron chi connectivity index (χ0n) is 17.3. The van der Waals surface area contributed by atoms with Crippen LogP contribution in [-0.2, 0) is 11.3 Å². The largest absolute Gasteiger partial charge is 0.480 e. The number of rotatable bonds is 7. The van der Waals surface area contributed by atoms with E-state index in [1.165, 1.54) is 32.4 Å². The Morgan fingerprint density at radius 1 is 1.12 bits per heavy atom. The number of halogens is 3. The average Bonchev–Trinajstić information content (AvgIpc) is 3.08. The molecule has 2 amide bonds. The van der Waals surface area contributed by atoms with Gasteiger partial charge in [0.05, 0.1) is 28.6 Å². The zero-order valence-corrected chi connectivity index (χ0v) is 18.1. The van der Waals surface area contributed by atoms with Gasteiger partial charge in [0, 0.05) is 7.11 Å². The van der Waals surface area contributed by atoms with Gasteiger partial charge in [-0.1, -0.05) is 12.1 Å². The normalized spacial score (nSPS) is 11.4. The van der Waals surface area contributed by atoms with Gasteiger partial charge in [-0.05, 0) is 24.6 Å². The summed E-state index contributed by atoms with van der Waals surface area (Å²) >= 11 is 1.10. The van der Waals surface area contributed by atoms with Crippen molar-refractivity contribution < 1.29 is 32.2 Å². The van der Waals surface area contributed by atoms with E-state index < -0.39 is 24.5 Å². The lowest BCUT2D eigenvalue weighted by molar-refractivity contribution is -0.123. The minimum atomic E-state index is -4.55. The minimum Gasteiger partial charge on any atom is -0.480 e. The molecule has 0 bridgehead atoms. The molecule has 0 fully saturated rings. The Morgan fingerprint density at radius 2 is 1.84 bits per heavy atom. The molecule has 0 saturated heterocycles. The van der Waals surface area contributed by atoms with E-state index in [0.29, 0.717) is 32.4 Å². The molecule has 0 spiro atoms. The maximum absolute atomic E-state index is 13.0. The molecule has 0 saturated carbocycles. The van der Waals surface area contributed by atoms with Crippen molar-refractivity contribution in [2.24, 2.45) is 0 Å². The van der Waals surface area contributed by atoms with Crippen LogP contribution in [0.25, 0.3) is 10.2 Å². The number of nitrogens with zero attached hydrogens (tertiary/aromatic N) is 2. The van der Waals surface area contributed by atoms with Crippen molar-refractivity contribution in [2.75, 3.05) is 26.1 Å². The maximum atomic E-state index is 13.0.